The average molecular weight is 479 g/mol. The number of hydrogen-bond acceptors (Lipinski definition) is 4. The zero-order valence-corrected chi connectivity index (χ0v) is 20.3. The van der Waals surface area contributed by atoms with E-state index >= 15 is 0 Å². The fourth-order valence-corrected chi connectivity index (χ4v) is 5.22. The van der Waals surface area contributed by atoms with Crippen LogP contribution in [0.15, 0.2) is 48.5 Å². The number of amides is 2. The van der Waals surface area contributed by atoms with Crippen LogP contribution in [-0.4, -0.2) is 41.8 Å². The lowest BCUT2D eigenvalue weighted by atomic mass is 9.86. The molecular formula is C28H34N2O5. The summed E-state index contributed by atoms with van der Waals surface area (Å²) in [6.07, 6.45) is 2.10. The molecule has 2 aromatic rings. The van der Waals surface area contributed by atoms with E-state index in [1.807, 2.05) is 38.1 Å². The maximum Gasteiger partial charge on any atom is 0.407 e. The van der Waals surface area contributed by atoms with Crippen LogP contribution in [0, 0.1) is 11.8 Å². The van der Waals surface area contributed by atoms with Gasteiger partial charge in [-0.2, -0.15) is 0 Å². The normalized spacial score (nSPS) is 20.0. The van der Waals surface area contributed by atoms with Crippen molar-refractivity contribution in [2.24, 2.45) is 11.8 Å². The SMILES string of the molecule is CC(C)[C@H](CC(=O)NC1CCC(C(=O)O)CC1)NC(=O)OCC1c2ccccc2-c2ccccc21. The molecule has 186 valence electrons. The third kappa shape index (κ3) is 5.84. The lowest BCUT2D eigenvalue weighted by Crippen LogP contribution is -2.45. The molecule has 0 aliphatic heterocycles. The van der Waals surface area contributed by atoms with Crippen LogP contribution in [0.3, 0.4) is 0 Å². The number of rotatable bonds is 8. The van der Waals surface area contributed by atoms with Crippen LogP contribution in [0.4, 0.5) is 4.79 Å². The summed E-state index contributed by atoms with van der Waals surface area (Å²) >= 11 is 0. The van der Waals surface area contributed by atoms with E-state index in [0.717, 1.165) is 11.1 Å². The molecule has 2 aromatic carbocycles. The molecule has 2 aliphatic carbocycles. The van der Waals surface area contributed by atoms with Crippen molar-refractivity contribution < 1.29 is 24.2 Å². The van der Waals surface area contributed by atoms with Crippen LogP contribution in [-0.2, 0) is 14.3 Å². The van der Waals surface area contributed by atoms with Gasteiger partial charge in [0.25, 0.3) is 0 Å². The fraction of sp³-hybridized carbons (Fsp3) is 0.464. The highest BCUT2D eigenvalue weighted by Gasteiger charge is 2.30. The molecule has 7 nitrogen and oxygen atoms in total. The number of carbonyl (C=O) groups excluding carboxylic acids is 2. The number of aliphatic carboxylic acids is 1. The Balaban J connectivity index is 1.29. The van der Waals surface area contributed by atoms with Gasteiger partial charge in [-0.25, -0.2) is 4.79 Å². The third-order valence-corrected chi connectivity index (χ3v) is 7.30. The molecule has 1 atom stereocenters. The van der Waals surface area contributed by atoms with E-state index in [0.29, 0.717) is 25.7 Å². The average Bonchev–Trinajstić information content (AvgIpc) is 3.16. The Kier molecular flexibility index (Phi) is 7.73. The van der Waals surface area contributed by atoms with Crippen LogP contribution in [0.25, 0.3) is 11.1 Å². The van der Waals surface area contributed by atoms with Gasteiger partial charge < -0.3 is 20.5 Å². The Bertz CT molecular complexity index is 1030. The molecule has 0 aromatic heterocycles. The van der Waals surface area contributed by atoms with E-state index in [1.165, 1.54) is 11.1 Å². The van der Waals surface area contributed by atoms with Crippen LogP contribution in [0.2, 0.25) is 0 Å². The smallest absolute Gasteiger partial charge is 0.407 e. The highest BCUT2D eigenvalue weighted by Crippen LogP contribution is 2.44. The van der Waals surface area contributed by atoms with Crippen molar-refractivity contribution in [1.29, 1.82) is 0 Å². The Morgan fingerprint density at radius 1 is 0.943 bits per heavy atom. The number of carboxylic acids is 1. The first kappa shape index (κ1) is 24.8. The molecule has 2 aliphatic rings. The van der Waals surface area contributed by atoms with Gasteiger partial charge in [0.15, 0.2) is 0 Å². The highest BCUT2D eigenvalue weighted by atomic mass is 16.5. The molecule has 35 heavy (non-hydrogen) atoms. The number of benzene rings is 2. The molecule has 3 N–H and O–H groups in total. The van der Waals surface area contributed by atoms with E-state index in [9.17, 15) is 14.4 Å². The number of carboxylic acid groups (broad SMARTS) is 1. The number of fused-ring (bicyclic) bond motifs is 3. The van der Waals surface area contributed by atoms with Gasteiger partial charge in [0.05, 0.1) is 5.92 Å². The van der Waals surface area contributed by atoms with Gasteiger partial charge >= 0.3 is 12.1 Å². The molecule has 0 spiro atoms. The van der Waals surface area contributed by atoms with Crippen molar-refractivity contribution in [1.82, 2.24) is 10.6 Å². The van der Waals surface area contributed by atoms with Gasteiger partial charge in [0, 0.05) is 24.4 Å². The summed E-state index contributed by atoms with van der Waals surface area (Å²) in [5.74, 6) is -1.19. The molecule has 0 saturated heterocycles. The second kappa shape index (κ2) is 10.9. The lowest BCUT2D eigenvalue weighted by Gasteiger charge is -2.28. The van der Waals surface area contributed by atoms with Crippen LogP contribution < -0.4 is 10.6 Å². The molecule has 0 bridgehead atoms. The van der Waals surface area contributed by atoms with Crippen molar-refractivity contribution in [2.75, 3.05) is 6.61 Å². The zero-order chi connectivity index (χ0) is 24.9. The molecule has 2 amide bonds. The van der Waals surface area contributed by atoms with Gasteiger partial charge in [-0.1, -0.05) is 62.4 Å². The number of alkyl carbamates (subject to hydrolysis) is 1. The summed E-state index contributed by atoms with van der Waals surface area (Å²) in [7, 11) is 0. The maximum absolute atomic E-state index is 12.7. The first-order chi connectivity index (χ1) is 16.8. The molecule has 7 heteroatoms. The number of carbonyl (C=O) groups is 3. The fourth-order valence-electron chi connectivity index (χ4n) is 5.22. The van der Waals surface area contributed by atoms with Crippen molar-refractivity contribution in [3.63, 3.8) is 0 Å². The maximum atomic E-state index is 12.7. The minimum atomic E-state index is -0.762. The number of hydrogen-bond donors (Lipinski definition) is 3. The molecule has 0 heterocycles. The second-order valence-corrected chi connectivity index (χ2v) is 9.98. The summed E-state index contributed by atoms with van der Waals surface area (Å²) in [5, 5.41) is 15.0. The summed E-state index contributed by atoms with van der Waals surface area (Å²) in [4.78, 5) is 36.5. The molecule has 1 fully saturated rings. The molecule has 1 saturated carbocycles. The van der Waals surface area contributed by atoms with Crippen LogP contribution in [0.1, 0.15) is 63.0 Å². The van der Waals surface area contributed by atoms with Crippen molar-refractivity contribution in [2.45, 2.75) is 64.0 Å². The quantitative estimate of drug-likeness (QED) is 0.510. The van der Waals surface area contributed by atoms with Crippen LogP contribution >= 0.6 is 0 Å². The first-order valence-electron chi connectivity index (χ1n) is 12.5. The summed E-state index contributed by atoms with van der Waals surface area (Å²) in [6, 6.07) is 16.0. The Hall–Kier alpha value is -3.35. The monoisotopic (exact) mass is 478 g/mol. The Labute approximate surface area is 206 Å². The van der Waals surface area contributed by atoms with Gasteiger partial charge in [-0.15, -0.1) is 0 Å². The van der Waals surface area contributed by atoms with E-state index < -0.39 is 12.1 Å². The Morgan fingerprint density at radius 3 is 2.06 bits per heavy atom. The Morgan fingerprint density at radius 2 is 1.51 bits per heavy atom. The van der Waals surface area contributed by atoms with Gasteiger partial charge in [0.1, 0.15) is 6.61 Å². The predicted molar refractivity (Wildman–Crippen MR) is 133 cm³/mol. The molecular weight excluding hydrogens is 444 g/mol. The minimum absolute atomic E-state index is 0.0135. The van der Waals surface area contributed by atoms with Gasteiger partial charge in [-0.3, -0.25) is 9.59 Å². The van der Waals surface area contributed by atoms with Crippen molar-refractivity contribution in [3.05, 3.63) is 59.7 Å². The lowest BCUT2D eigenvalue weighted by molar-refractivity contribution is -0.142. The van der Waals surface area contributed by atoms with Crippen molar-refractivity contribution >= 4 is 18.0 Å². The molecule has 0 unspecified atom stereocenters. The van der Waals surface area contributed by atoms with Gasteiger partial charge in [-0.05, 0) is 53.9 Å². The zero-order valence-electron chi connectivity index (χ0n) is 20.3. The number of nitrogens with one attached hydrogen (secondary N) is 2. The summed E-state index contributed by atoms with van der Waals surface area (Å²) in [6.45, 7) is 4.14. The standard InChI is InChI=1S/C28H34N2O5/c1-17(2)25(15-26(31)29-19-13-11-18(12-14-19)27(32)33)30-28(34)35-16-24-22-9-5-3-7-20(22)21-8-4-6-10-23(21)24/h3-10,17-19,24-25H,11-16H2,1-2H3,(H,29,31)(H,30,34)(H,32,33)/t18?,19?,25-/m0/s1. The minimum Gasteiger partial charge on any atom is -0.481 e. The van der Waals surface area contributed by atoms with E-state index in [4.69, 9.17) is 9.84 Å². The van der Waals surface area contributed by atoms with E-state index in [1.54, 1.807) is 0 Å². The largest absolute Gasteiger partial charge is 0.481 e. The van der Waals surface area contributed by atoms with Crippen molar-refractivity contribution in [3.8, 4) is 11.1 Å². The van der Waals surface area contributed by atoms with E-state index in [-0.39, 0.29) is 48.8 Å². The highest BCUT2D eigenvalue weighted by molar-refractivity contribution is 5.80. The third-order valence-electron chi connectivity index (χ3n) is 7.30. The first-order valence-corrected chi connectivity index (χ1v) is 12.5. The summed E-state index contributed by atoms with van der Waals surface area (Å²) < 4.78 is 5.65. The van der Waals surface area contributed by atoms with Gasteiger partial charge in [0.2, 0.25) is 5.91 Å². The summed E-state index contributed by atoms with van der Waals surface area (Å²) in [5.41, 5.74) is 4.65. The van der Waals surface area contributed by atoms with Crippen LogP contribution in [0.5, 0.6) is 0 Å². The molecule has 0 radical (unpaired) electrons. The van der Waals surface area contributed by atoms with E-state index in [2.05, 4.69) is 34.9 Å². The number of ether oxygens (including phenoxy) is 1. The topological polar surface area (TPSA) is 105 Å². The second-order valence-electron chi connectivity index (χ2n) is 9.98. The predicted octanol–water partition coefficient (Wildman–Crippen LogP) is 4.70. The molecule has 4 rings (SSSR count).